The van der Waals surface area contributed by atoms with Crippen LogP contribution < -0.4 is 5.32 Å². The highest BCUT2D eigenvalue weighted by Gasteiger charge is 2.11. The molecule has 0 saturated carbocycles. The van der Waals surface area contributed by atoms with Crippen LogP contribution in [-0.2, 0) is 9.53 Å². The topological polar surface area (TPSA) is 71.5 Å². The fourth-order valence-corrected chi connectivity index (χ4v) is 1.74. The van der Waals surface area contributed by atoms with Gasteiger partial charge in [0.05, 0.1) is 19.9 Å². The van der Waals surface area contributed by atoms with Crippen LogP contribution in [-0.4, -0.2) is 49.0 Å². The molecule has 7 heteroatoms. The van der Waals surface area contributed by atoms with Crippen molar-refractivity contribution in [3.8, 4) is 0 Å². The predicted octanol–water partition coefficient (Wildman–Crippen LogP) is 0.820. The van der Waals surface area contributed by atoms with Gasteiger partial charge in [-0.05, 0) is 6.92 Å². The van der Waals surface area contributed by atoms with E-state index in [0.717, 1.165) is 11.3 Å². The van der Waals surface area contributed by atoms with Crippen molar-refractivity contribution in [1.82, 2.24) is 9.88 Å². The monoisotopic (exact) mass is 257 g/mol. The van der Waals surface area contributed by atoms with Crippen LogP contribution in [0.2, 0.25) is 0 Å². The van der Waals surface area contributed by atoms with Crippen molar-refractivity contribution in [2.45, 2.75) is 6.92 Å². The molecule has 6 nitrogen and oxygen atoms in total. The van der Waals surface area contributed by atoms with Crippen LogP contribution in [0.4, 0.5) is 5.13 Å². The van der Waals surface area contributed by atoms with Crippen LogP contribution in [0.25, 0.3) is 0 Å². The first-order valence-electron chi connectivity index (χ1n) is 5.10. The van der Waals surface area contributed by atoms with Crippen LogP contribution in [0.3, 0.4) is 0 Å². The molecule has 1 heterocycles. The fourth-order valence-electron chi connectivity index (χ4n) is 1.01. The number of methoxy groups -OCH3 is 1. The van der Waals surface area contributed by atoms with Gasteiger partial charge in [-0.2, -0.15) is 0 Å². The van der Waals surface area contributed by atoms with Crippen molar-refractivity contribution >= 4 is 28.3 Å². The van der Waals surface area contributed by atoms with Crippen LogP contribution in [0.5, 0.6) is 0 Å². The van der Waals surface area contributed by atoms with Crippen molar-refractivity contribution in [3.63, 3.8) is 0 Å². The third-order valence-electron chi connectivity index (χ3n) is 2.18. The largest absolute Gasteiger partial charge is 0.465 e. The third-order valence-corrected chi connectivity index (χ3v) is 3.12. The molecule has 17 heavy (non-hydrogen) atoms. The molecule has 0 aromatic carbocycles. The summed E-state index contributed by atoms with van der Waals surface area (Å²) in [6.45, 7) is 2.72. The highest BCUT2D eigenvalue weighted by Crippen LogP contribution is 2.18. The third kappa shape index (κ3) is 3.70. The van der Waals surface area contributed by atoms with Crippen molar-refractivity contribution in [3.05, 3.63) is 11.1 Å². The van der Waals surface area contributed by atoms with E-state index in [4.69, 9.17) is 0 Å². The van der Waals surface area contributed by atoms with Gasteiger partial charge >= 0.3 is 5.97 Å². The molecule has 0 unspecified atom stereocenters. The maximum atomic E-state index is 11.5. The summed E-state index contributed by atoms with van der Waals surface area (Å²) in [4.78, 5) is 28.6. The molecule has 0 radical (unpaired) electrons. The van der Waals surface area contributed by atoms with E-state index in [1.807, 2.05) is 6.92 Å². The first-order valence-corrected chi connectivity index (χ1v) is 5.92. The number of nitrogens with zero attached hydrogens (tertiary/aromatic N) is 2. The molecule has 0 atom stereocenters. The molecular weight excluding hydrogens is 242 g/mol. The molecule has 1 rings (SSSR count). The number of esters is 1. The number of hydrogen-bond donors (Lipinski definition) is 1. The number of nitrogens with one attached hydrogen (secondary N) is 1. The Balaban J connectivity index is 2.50. The van der Waals surface area contributed by atoms with Crippen molar-refractivity contribution in [1.29, 1.82) is 0 Å². The standard InChI is InChI=1S/C10H15N3O3S/c1-4-13(2)8(14)6-12-10-11-5-7(17-10)9(15)16-3/h5H,4,6H2,1-3H3,(H,11,12). The summed E-state index contributed by atoms with van der Waals surface area (Å²) in [5, 5.41) is 3.40. The molecule has 0 aliphatic rings. The number of likely N-dealkylation sites (N-methyl/N-ethyl adjacent to an activating group) is 1. The van der Waals surface area contributed by atoms with Gasteiger partial charge in [-0.3, -0.25) is 4.79 Å². The summed E-state index contributed by atoms with van der Waals surface area (Å²) in [5.41, 5.74) is 0. The second-order valence-electron chi connectivity index (χ2n) is 3.28. The fraction of sp³-hybridized carbons (Fsp3) is 0.500. The van der Waals surface area contributed by atoms with Crippen molar-refractivity contribution in [2.24, 2.45) is 0 Å². The zero-order valence-electron chi connectivity index (χ0n) is 10.0. The molecule has 1 amide bonds. The highest BCUT2D eigenvalue weighted by atomic mass is 32.1. The number of hydrogen-bond acceptors (Lipinski definition) is 6. The number of thiazole rings is 1. The Morgan fingerprint density at radius 1 is 1.59 bits per heavy atom. The summed E-state index contributed by atoms with van der Waals surface area (Å²) in [6, 6.07) is 0. The minimum absolute atomic E-state index is 0.0256. The molecule has 0 saturated heterocycles. The maximum absolute atomic E-state index is 11.5. The van der Waals surface area contributed by atoms with Gasteiger partial charge in [-0.1, -0.05) is 11.3 Å². The van der Waals surface area contributed by atoms with Crippen molar-refractivity contribution in [2.75, 3.05) is 32.6 Å². The van der Waals surface area contributed by atoms with Crippen LogP contribution in [0.1, 0.15) is 16.6 Å². The van der Waals surface area contributed by atoms with Gasteiger partial charge < -0.3 is 15.0 Å². The minimum atomic E-state index is -0.424. The van der Waals surface area contributed by atoms with E-state index < -0.39 is 5.97 Å². The van der Waals surface area contributed by atoms with Gasteiger partial charge in [0.25, 0.3) is 0 Å². The molecule has 1 aromatic heterocycles. The Morgan fingerprint density at radius 3 is 2.88 bits per heavy atom. The Kier molecular flexibility index (Phi) is 4.89. The quantitative estimate of drug-likeness (QED) is 0.791. The predicted molar refractivity (Wildman–Crippen MR) is 65.3 cm³/mol. The summed E-state index contributed by atoms with van der Waals surface area (Å²) in [6.07, 6.45) is 1.42. The molecule has 1 aromatic rings. The molecule has 0 spiro atoms. The van der Waals surface area contributed by atoms with Gasteiger partial charge in [0.15, 0.2) is 5.13 Å². The van der Waals surface area contributed by atoms with Crippen LogP contribution in [0.15, 0.2) is 6.20 Å². The van der Waals surface area contributed by atoms with Gasteiger partial charge in [0.2, 0.25) is 5.91 Å². The van der Waals surface area contributed by atoms with E-state index in [1.54, 1.807) is 11.9 Å². The molecule has 1 N–H and O–H groups in total. The zero-order chi connectivity index (χ0) is 12.8. The SMILES string of the molecule is CCN(C)C(=O)CNc1ncc(C(=O)OC)s1. The molecule has 0 bridgehead atoms. The van der Waals surface area contributed by atoms with E-state index in [9.17, 15) is 9.59 Å². The molecule has 0 aliphatic carbocycles. The van der Waals surface area contributed by atoms with Gasteiger partial charge in [0.1, 0.15) is 4.88 Å². The van der Waals surface area contributed by atoms with E-state index in [2.05, 4.69) is 15.0 Å². The first kappa shape index (κ1) is 13.4. The van der Waals surface area contributed by atoms with Crippen molar-refractivity contribution < 1.29 is 14.3 Å². The number of carbonyl (C=O) groups excluding carboxylic acids is 2. The number of rotatable bonds is 5. The van der Waals surface area contributed by atoms with Gasteiger partial charge in [-0.25, -0.2) is 9.78 Å². The molecule has 0 aliphatic heterocycles. The molecule has 0 fully saturated rings. The highest BCUT2D eigenvalue weighted by molar-refractivity contribution is 7.17. The normalized spacial score (nSPS) is 9.82. The lowest BCUT2D eigenvalue weighted by atomic mass is 10.5. The Bertz CT molecular complexity index is 405. The summed E-state index contributed by atoms with van der Waals surface area (Å²) in [5.74, 6) is -0.449. The Morgan fingerprint density at radius 2 is 2.29 bits per heavy atom. The minimum Gasteiger partial charge on any atom is -0.465 e. The Labute approximate surface area is 104 Å². The Hall–Kier alpha value is -1.63. The zero-order valence-corrected chi connectivity index (χ0v) is 10.8. The smallest absolute Gasteiger partial charge is 0.349 e. The number of carbonyl (C=O) groups is 2. The number of aromatic nitrogens is 1. The van der Waals surface area contributed by atoms with E-state index >= 15 is 0 Å². The number of ether oxygens (including phenoxy) is 1. The second-order valence-corrected chi connectivity index (χ2v) is 4.31. The van der Waals surface area contributed by atoms with E-state index in [1.165, 1.54) is 13.3 Å². The second kappa shape index (κ2) is 6.19. The molecular formula is C10H15N3O3S. The lowest BCUT2D eigenvalue weighted by molar-refractivity contribution is -0.127. The van der Waals surface area contributed by atoms with Crippen LogP contribution >= 0.6 is 11.3 Å². The maximum Gasteiger partial charge on any atom is 0.349 e. The lowest BCUT2D eigenvalue weighted by Crippen LogP contribution is -2.31. The van der Waals surface area contributed by atoms with Gasteiger partial charge in [0, 0.05) is 13.6 Å². The van der Waals surface area contributed by atoms with E-state index in [-0.39, 0.29) is 12.5 Å². The average molecular weight is 257 g/mol. The average Bonchev–Trinajstić information content (AvgIpc) is 2.82. The van der Waals surface area contributed by atoms with E-state index in [0.29, 0.717) is 16.6 Å². The van der Waals surface area contributed by atoms with Gasteiger partial charge in [-0.15, -0.1) is 0 Å². The summed E-state index contributed by atoms with van der Waals surface area (Å²) in [7, 11) is 3.04. The summed E-state index contributed by atoms with van der Waals surface area (Å²) >= 11 is 1.16. The first-order chi connectivity index (χ1) is 8.08. The lowest BCUT2D eigenvalue weighted by Gasteiger charge is -2.14. The molecule has 94 valence electrons. The summed E-state index contributed by atoms with van der Waals surface area (Å²) < 4.78 is 4.56. The van der Waals surface area contributed by atoms with Crippen LogP contribution in [0, 0.1) is 0 Å². The number of amides is 1. The number of anilines is 1.